The molecular formula is C21H24N4O2S. The summed E-state index contributed by atoms with van der Waals surface area (Å²) in [6, 6.07) is 8.78. The number of hydrogen-bond donors (Lipinski definition) is 1. The van der Waals surface area contributed by atoms with Crippen LogP contribution in [0.2, 0.25) is 0 Å². The largest absolute Gasteiger partial charge is 0.350 e. The molecule has 1 amide bonds. The molecule has 0 aliphatic carbocycles. The third-order valence-electron chi connectivity index (χ3n) is 5.56. The fourth-order valence-electron chi connectivity index (χ4n) is 3.77. The average molecular weight is 397 g/mol. The molecule has 1 aliphatic rings. The predicted octanol–water partition coefficient (Wildman–Crippen LogP) is 2.48. The van der Waals surface area contributed by atoms with Crippen LogP contribution in [0.1, 0.15) is 33.3 Å². The molecule has 0 fully saturated rings. The molecule has 0 radical (unpaired) electrons. The van der Waals surface area contributed by atoms with Crippen molar-refractivity contribution < 1.29 is 4.79 Å². The lowest BCUT2D eigenvalue weighted by atomic mass is 9.99. The van der Waals surface area contributed by atoms with E-state index in [1.54, 1.807) is 7.05 Å². The second kappa shape index (κ2) is 7.48. The number of rotatable bonds is 4. The summed E-state index contributed by atoms with van der Waals surface area (Å²) < 4.78 is 1.44. The lowest BCUT2D eigenvalue weighted by Gasteiger charge is -2.33. The maximum absolute atomic E-state index is 12.8. The first-order valence-corrected chi connectivity index (χ1v) is 10.3. The highest BCUT2D eigenvalue weighted by Crippen LogP contribution is 2.26. The van der Waals surface area contributed by atoms with E-state index in [0.717, 1.165) is 19.5 Å². The van der Waals surface area contributed by atoms with Crippen LogP contribution in [-0.4, -0.2) is 39.5 Å². The van der Waals surface area contributed by atoms with E-state index >= 15 is 0 Å². The van der Waals surface area contributed by atoms with Crippen molar-refractivity contribution >= 4 is 27.5 Å². The van der Waals surface area contributed by atoms with E-state index in [2.05, 4.69) is 46.4 Å². The molecular weight excluding hydrogens is 372 g/mol. The van der Waals surface area contributed by atoms with Crippen LogP contribution in [-0.2, 0) is 20.0 Å². The van der Waals surface area contributed by atoms with Gasteiger partial charge in [-0.2, -0.15) is 0 Å². The van der Waals surface area contributed by atoms with Gasteiger partial charge in [0.05, 0.1) is 16.6 Å². The van der Waals surface area contributed by atoms with Crippen molar-refractivity contribution in [2.75, 3.05) is 13.1 Å². The number of aryl methyl sites for hydroxylation is 2. The van der Waals surface area contributed by atoms with Gasteiger partial charge in [0.15, 0.2) is 0 Å². The van der Waals surface area contributed by atoms with Gasteiger partial charge in [-0.25, -0.2) is 4.98 Å². The van der Waals surface area contributed by atoms with Crippen LogP contribution in [0, 0.1) is 6.92 Å². The first-order valence-electron chi connectivity index (χ1n) is 9.49. The molecule has 6 nitrogen and oxygen atoms in total. The molecule has 0 bridgehead atoms. The molecule has 3 heterocycles. The number of fused-ring (bicyclic) bond motifs is 2. The molecule has 1 aromatic carbocycles. The quantitative estimate of drug-likeness (QED) is 0.736. The number of amides is 1. The first-order chi connectivity index (χ1) is 13.5. The molecule has 28 heavy (non-hydrogen) atoms. The summed E-state index contributed by atoms with van der Waals surface area (Å²) in [6.07, 6.45) is 2.54. The van der Waals surface area contributed by atoms with Gasteiger partial charge in [-0.15, -0.1) is 11.3 Å². The molecule has 146 valence electrons. The molecule has 1 unspecified atom stereocenters. The Morgan fingerprint density at radius 3 is 2.86 bits per heavy atom. The first kappa shape index (κ1) is 18.8. The Morgan fingerprint density at radius 1 is 1.32 bits per heavy atom. The summed E-state index contributed by atoms with van der Waals surface area (Å²) in [5, 5.41) is 3.59. The van der Waals surface area contributed by atoms with Crippen molar-refractivity contribution in [3.8, 4) is 0 Å². The molecule has 3 aromatic rings. The number of benzene rings is 1. The molecule has 1 N–H and O–H groups in total. The van der Waals surface area contributed by atoms with Gasteiger partial charge in [0.1, 0.15) is 4.83 Å². The number of carbonyl (C=O) groups excluding carboxylic acids is 1. The van der Waals surface area contributed by atoms with Crippen molar-refractivity contribution in [3.63, 3.8) is 0 Å². The summed E-state index contributed by atoms with van der Waals surface area (Å²) in [5.74, 6) is -0.133. The number of thiophene rings is 1. The fraction of sp³-hybridized carbons (Fsp3) is 0.381. The maximum atomic E-state index is 12.8. The SMILES string of the molecule is Cc1c(C(=O)NCC(C)N2CCc3ccccc3C2)sc2ncn(C)c(=O)c12. The van der Waals surface area contributed by atoms with Gasteiger partial charge >= 0.3 is 0 Å². The number of carbonyl (C=O) groups is 1. The Balaban J connectivity index is 1.45. The molecule has 0 spiro atoms. The second-order valence-corrected chi connectivity index (χ2v) is 8.44. The second-order valence-electron chi connectivity index (χ2n) is 7.45. The molecule has 4 rings (SSSR count). The molecule has 1 aliphatic heterocycles. The minimum absolute atomic E-state index is 0.113. The normalized spacial score (nSPS) is 15.4. The Hall–Kier alpha value is -2.51. The van der Waals surface area contributed by atoms with Crippen molar-refractivity contribution in [1.29, 1.82) is 0 Å². The van der Waals surface area contributed by atoms with Gasteiger partial charge in [0.2, 0.25) is 0 Å². The Labute approximate surface area is 167 Å². The zero-order chi connectivity index (χ0) is 19.8. The van der Waals surface area contributed by atoms with E-state index in [1.807, 2.05) is 6.92 Å². The van der Waals surface area contributed by atoms with Gasteiger partial charge in [0.25, 0.3) is 11.5 Å². The molecule has 0 saturated heterocycles. The van der Waals surface area contributed by atoms with Crippen LogP contribution < -0.4 is 10.9 Å². The highest BCUT2D eigenvalue weighted by molar-refractivity contribution is 7.20. The number of nitrogens with one attached hydrogen (secondary N) is 1. The zero-order valence-corrected chi connectivity index (χ0v) is 17.2. The van der Waals surface area contributed by atoms with Crippen LogP contribution in [0.3, 0.4) is 0 Å². The van der Waals surface area contributed by atoms with Crippen molar-refractivity contribution in [2.24, 2.45) is 7.05 Å². The van der Waals surface area contributed by atoms with Crippen molar-refractivity contribution in [1.82, 2.24) is 19.8 Å². The topological polar surface area (TPSA) is 67.2 Å². The van der Waals surface area contributed by atoms with Crippen LogP contribution in [0.25, 0.3) is 10.2 Å². The van der Waals surface area contributed by atoms with Crippen LogP contribution >= 0.6 is 11.3 Å². The summed E-state index contributed by atoms with van der Waals surface area (Å²) in [4.78, 5) is 33.0. The third kappa shape index (κ3) is 3.36. The molecule has 7 heteroatoms. The van der Waals surface area contributed by atoms with Gasteiger partial charge in [0, 0.05) is 32.7 Å². The van der Waals surface area contributed by atoms with Crippen molar-refractivity contribution in [2.45, 2.75) is 32.9 Å². The lowest BCUT2D eigenvalue weighted by Crippen LogP contribution is -2.44. The number of nitrogens with zero attached hydrogens (tertiary/aromatic N) is 3. The van der Waals surface area contributed by atoms with E-state index in [1.165, 1.54) is 33.4 Å². The summed E-state index contributed by atoms with van der Waals surface area (Å²) >= 11 is 1.28. The van der Waals surface area contributed by atoms with Crippen LogP contribution in [0.4, 0.5) is 0 Å². The standard InChI is InChI=1S/C21H24N4O2S/c1-13(25-9-8-15-6-4-5-7-16(15)11-25)10-22-19(26)18-14(2)17-20(28-18)23-12-24(3)21(17)27/h4-7,12-13H,8-11H2,1-3H3,(H,22,26). The summed E-state index contributed by atoms with van der Waals surface area (Å²) in [6.45, 7) is 6.44. The Kier molecular flexibility index (Phi) is 5.03. The smallest absolute Gasteiger partial charge is 0.262 e. The summed E-state index contributed by atoms with van der Waals surface area (Å²) in [7, 11) is 1.67. The van der Waals surface area contributed by atoms with Gasteiger partial charge in [-0.1, -0.05) is 24.3 Å². The van der Waals surface area contributed by atoms with Gasteiger partial charge in [-0.05, 0) is 37.0 Å². The predicted molar refractivity (Wildman–Crippen MR) is 112 cm³/mol. The Bertz CT molecular complexity index is 1100. The van der Waals surface area contributed by atoms with Crippen LogP contribution in [0.5, 0.6) is 0 Å². The number of aromatic nitrogens is 2. The number of hydrogen-bond acceptors (Lipinski definition) is 5. The third-order valence-corrected chi connectivity index (χ3v) is 6.76. The van der Waals surface area contributed by atoms with E-state index in [4.69, 9.17) is 0 Å². The van der Waals surface area contributed by atoms with E-state index in [0.29, 0.717) is 27.2 Å². The highest BCUT2D eigenvalue weighted by Gasteiger charge is 2.23. The minimum atomic E-state index is -0.133. The average Bonchev–Trinajstić information content (AvgIpc) is 3.05. The monoisotopic (exact) mass is 396 g/mol. The maximum Gasteiger partial charge on any atom is 0.262 e. The fourth-order valence-corrected chi connectivity index (χ4v) is 4.82. The Morgan fingerprint density at radius 2 is 2.07 bits per heavy atom. The molecule has 0 saturated carbocycles. The highest BCUT2D eigenvalue weighted by atomic mass is 32.1. The van der Waals surface area contributed by atoms with E-state index in [9.17, 15) is 9.59 Å². The zero-order valence-electron chi connectivity index (χ0n) is 16.4. The van der Waals surface area contributed by atoms with E-state index < -0.39 is 0 Å². The van der Waals surface area contributed by atoms with Gasteiger partial charge in [-0.3, -0.25) is 14.5 Å². The lowest BCUT2D eigenvalue weighted by molar-refractivity contribution is 0.0936. The van der Waals surface area contributed by atoms with Crippen molar-refractivity contribution in [3.05, 3.63) is 62.5 Å². The van der Waals surface area contributed by atoms with Gasteiger partial charge < -0.3 is 9.88 Å². The van der Waals surface area contributed by atoms with Crippen LogP contribution in [0.15, 0.2) is 35.4 Å². The molecule has 1 atom stereocenters. The minimum Gasteiger partial charge on any atom is -0.350 e. The molecule has 2 aromatic heterocycles. The van der Waals surface area contributed by atoms with E-state index in [-0.39, 0.29) is 17.5 Å². The summed E-state index contributed by atoms with van der Waals surface area (Å²) in [5.41, 5.74) is 3.39.